The first-order valence-corrected chi connectivity index (χ1v) is 22.7. The van der Waals surface area contributed by atoms with Gasteiger partial charge in [-0.05, 0) is 67.5 Å². The van der Waals surface area contributed by atoms with Crippen LogP contribution in [-0.4, -0.2) is 115 Å². The molecule has 0 fully saturated rings. The van der Waals surface area contributed by atoms with Gasteiger partial charge in [0.25, 0.3) is 0 Å². The molecule has 3 rings (SSSR count). The Hall–Kier alpha value is -3.56. The van der Waals surface area contributed by atoms with E-state index in [4.69, 9.17) is 0 Å². The quantitative estimate of drug-likeness (QED) is 0.0202. The Bertz CT molecular complexity index is 1640. The van der Waals surface area contributed by atoms with E-state index in [1.807, 2.05) is 37.4 Å². The molecule has 0 radical (unpaired) electrons. The van der Waals surface area contributed by atoms with Crippen molar-refractivity contribution in [2.24, 2.45) is 4.99 Å². The Balaban J connectivity index is 1.23. The monoisotopic (exact) mass is 784 g/mol. The third kappa shape index (κ3) is 19.2. The first kappa shape index (κ1) is 45.8. The fourth-order valence-corrected chi connectivity index (χ4v) is 8.61. The van der Waals surface area contributed by atoms with E-state index in [0.29, 0.717) is 0 Å². The fourth-order valence-electron chi connectivity index (χ4n) is 6.27. The first-order chi connectivity index (χ1) is 26.5. The SMILES string of the molecule is CCN=C\C=C/C=C/C=C/c1ccc(N(C)CCC[N+](C)(C)CCSSCCC[N+](C)(C)CCCN(C)c2ccc(/C=C/c3cccc[n+]3CC)cc2)cc1. The van der Waals surface area contributed by atoms with Crippen molar-refractivity contribution in [2.75, 3.05) is 109 Å². The van der Waals surface area contributed by atoms with Crippen LogP contribution in [0.3, 0.4) is 0 Å². The highest BCUT2D eigenvalue weighted by molar-refractivity contribution is 8.76. The number of anilines is 2. The Morgan fingerprint density at radius 2 is 1.15 bits per heavy atom. The molecule has 0 saturated carbocycles. The second-order valence-corrected chi connectivity index (χ2v) is 18.2. The van der Waals surface area contributed by atoms with E-state index >= 15 is 0 Å². The highest BCUT2D eigenvalue weighted by Crippen LogP contribution is 2.23. The number of aromatic nitrogens is 1. The standard InChI is InChI=1S/C47H71N6S2/c1-9-48-33-16-13-11-12-14-21-43-23-28-45(29-24-43)50(4)35-19-38-53(7,8)40-42-55-54-41-20-39-52(5,6)37-18-34-49(3)46-30-25-44(26-31-46)27-32-47-22-15-17-36-51(47)10-2/h11-17,21-33,36H,9-10,18-20,34-35,37-42H2,1-8H3/q+3/b12-11+,16-13-,21-14+,48-33?. The van der Waals surface area contributed by atoms with Crippen molar-refractivity contribution in [3.63, 3.8) is 0 Å². The number of rotatable bonds is 26. The normalized spacial score (nSPS) is 12.7. The van der Waals surface area contributed by atoms with Gasteiger partial charge in [0.05, 0.1) is 60.1 Å². The van der Waals surface area contributed by atoms with Gasteiger partial charge in [-0.2, -0.15) is 4.57 Å². The number of nitrogens with zero attached hydrogens (tertiary/aromatic N) is 6. The smallest absolute Gasteiger partial charge is 0.205 e. The minimum absolute atomic E-state index is 0.821. The van der Waals surface area contributed by atoms with Gasteiger partial charge < -0.3 is 18.8 Å². The van der Waals surface area contributed by atoms with E-state index in [-0.39, 0.29) is 0 Å². The molecule has 2 aromatic carbocycles. The number of quaternary nitrogens is 2. The summed E-state index contributed by atoms with van der Waals surface area (Å²) in [6, 6.07) is 24.1. The molecule has 8 heteroatoms. The number of pyridine rings is 1. The molecule has 0 unspecified atom stereocenters. The average Bonchev–Trinajstić information content (AvgIpc) is 3.18. The van der Waals surface area contributed by atoms with E-state index in [0.717, 1.165) is 35.1 Å². The van der Waals surface area contributed by atoms with Gasteiger partial charge in [0, 0.05) is 94.5 Å². The maximum atomic E-state index is 4.17. The molecule has 1 heterocycles. The summed E-state index contributed by atoms with van der Waals surface area (Å²) in [5.74, 6) is 2.43. The molecule has 298 valence electrons. The van der Waals surface area contributed by atoms with Gasteiger partial charge in [-0.15, -0.1) is 0 Å². The summed E-state index contributed by atoms with van der Waals surface area (Å²) in [7, 11) is 18.1. The molecule has 0 spiro atoms. The summed E-state index contributed by atoms with van der Waals surface area (Å²) in [6.45, 7) is 13.0. The summed E-state index contributed by atoms with van der Waals surface area (Å²) in [5.41, 5.74) is 6.23. The van der Waals surface area contributed by atoms with Crippen LogP contribution >= 0.6 is 21.6 Å². The second kappa shape index (κ2) is 25.6. The van der Waals surface area contributed by atoms with Crippen molar-refractivity contribution in [1.29, 1.82) is 0 Å². The molecule has 0 atom stereocenters. The van der Waals surface area contributed by atoms with Crippen LogP contribution in [0.5, 0.6) is 0 Å². The Kier molecular flexibility index (Phi) is 21.3. The van der Waals surface area contributed by atoms with Crippen molar-refractivity contribution < 1.29 is 13.5 Å². The van der Waals surface area contributed by atoms with Crippen LogP contribution in [0.4, 0.5) is 11.4 Å². The number of benzene rings is 2. The van der Waals surface area contributed by atoms with Crippen molar-refractivity contribution in [3.8, 4) is 0 Å². The first-order valence-electron chi connectivity index (χ1n) is 20.2. The number of hydrogen-bond donors (Lipinski definition) is 0. The predicted octanol–water partition coefficient (Wildman–Crippen LogP) is 9.66. The highest BCUT2D eigenvalue weighted by Gasteiger charge is 2.17. The van der Waals surface area contributed by atoms with Gasteiger partial charge in [-0.1, -0.05) is 76.2 Å². The highest BCUT2D eigenvalue weighted by atomic mass is 33.1. The molecule has 0 amide bonds. The minimum Gasteiger partial charge on any atom is -0.374 e. The Labute approximate surface area is 343 Å². The fraction of sp³-hybridized carbons (Fsp3) is 0.447. The summed E-state index contributed by atoms with van der Waals surface area (Å²) in [4.78, 5) is 8.94. The van der Waals surface area contributed by atoms with Gasteiger partial charge in [0.1, 0.15) is 6.54 Å². The topological polar surface area (TPSA) is 22.7 Å². The van der Waals surface area contributed by atoms with Crippen molar-refractivity contribution in [1.82, 2.24) is 0 Å². The molecule has 6 nitrogen and oxygen atoms in total. The molecule has 0 saturated heterocycles. The maximum Gasteiger partial charge on any atom is 0.205 e. The van der Waals surface area contributed by atoms with Crippen LogP contribution < -0.4 is 14.4 Å². The van der Waals surface area contributed by atoms with Crippen LogP contribution in [0.25, 0.3) is 18.2 Å². The predicted molar refractivity (Wildman–Crippen MR) is 249 cm³/mol. The van der Waals surface area contributed by atoms with Gasteiger partial charge >= 0.3 is 0 Å². The number of allylic oxidation sites excluding steroid dienone is 5. The minimum atomic E-state index is 0.821. The van der Waals surface area contributed by atoms with Crippen molar-refractivity contribution >= 4 is 57.4 Å². The van der Waals surface area contributed by atoms with Gasteiger partial charge in [-0.3, -0.25) is 4.99 Å². The third-order valence-corrected chi connectivity index (χ3v) is 12.4. The van der Waals surface area contributed by atoms with E-state index < -0.39 is 0 Å². The number of aliphatic imine (C=N–C) groups is 1. The van der Waals surface area contributed by atoms with Crippen LogP contribution in [0.1, 0.15) is 49.9 Å². The largest absolute Gasteiger partial charge is 0.374 e. The van der Waals surface area contributed by atoms with Gasteiger partial charge in [-0.25, -0.2) is 0 Å². The summed E-state index contributed by atoms with van der Waals surface area (Å²) >= 11 is 0. The van der Waals surface area contributed by atoms with E-state index in [9.17, 15) is 0 Å². The van der Waals surface area contributed by atoms with Crippen LogP contribution in [-0.2, 0) is 6.54 Å². The molecule has 0 N–H and O–H groups in total. The maximum absolute atomic E-state index is 4.17. The lowest BCUT2D eigenvalue weighted by Gasteiger charge is -2.31. The molecule has 55 heavy (non-hydrogen) atoms. The van der Waals surface area contributed by atoms with Crippen molar-refractivity contribution in [3.05, 3.63) is 120 Å². The average molecular weight is 784 g/mol. The zero-order valence-corrected chi connectivity index (χ0v) is 36.9. The molecular weight excluding hydrogens is 713 g/mol. The summed E-state index contributed by atoms with van der Waals surface area (Å²) in [6.07, 6.45) is 24.3. The van der Waals surface area contributed by atoms with Crippen molar-refractivity contribution in [2.45, 2.75) is 39.7 Å². The van der Waals surface area contributed by atoms with Crippen LogP contribution in [0.2, 0.25) is 0 Å². The lowest BCUT2D eigenvalue weighted by molar-refractivity contribution is -0.890. The van der Waals surface area contributed by atoms with E-state index in [1.54, 1.807) is 0 Å². The van der Waals surface area contributed by atoms with E-state index in [1.165, 1.54) is 85.1 Å². The zero-order valence-electron chi connectivity index (χ0n) is 35.3. The zero-order chi connectivity index (χ0) is 39.8. The third-order valence-electron chi connectivity index (χ3n) is 9.91. The molecule has 3 aromatic rings. The molecule has 0 aliphatic carbocycles. The summed E-state index contributed by atoms with van der Waals surface area (Å²) in [5, 5.41) is 0. The molecule has 0 aliphatic rings. The van der Waals surface area contributed by atoms with Crippen LogP contribution in [0, 0.1) is 0 Å². The van der Waals surface area contributed by atoms with Gasteiger partial charge in [0.15, 0.2) is 6.20 Å². The number of hydrogen-bond acceptors (Lipinski definition) is 5. The van der Waals surface area contributed by atoms with Gasteiger partial charge in [0.2, 0.25) is 5.69 Å². The summed E-state index contributed by atoms with van der Waals surface area (Å²) < 4.78 is 4.42. The van der Waals surface area contributed by atoms with Crippen LogP contribution in [0.15, 0.2) is 108 Å². The lowest BCUT2D eigenvalue weighted by Crippen LogP contribution is -2.43. The van der Waals surface area contributed by atoms with E-state index in [2.05, 4.69) is 187 Å². The number of aryl methyl sites for hydroxylation is 1. The molecule has 0 aliphatic heterocycles. The Morgan fingerprint density at radius 1 is 0.600 bits per heavy atom. The second-order valence-electron chi connectivity index (χ2n) is 15.5. The molecular formula is C47H71N6S2+3. The molecule has 1 aromatic heterocycles. The lowest BCUT2D eigenvalue weighted by atomic mass is 10.1. The molecule has 0 bridgehead atoms. The Morgan fingerprint density at radius 3 is 1.76 bits per heavy atom.